The number of benzene rings is 1. The van der Waals surface area contributed by atoms with Gasteiger partial charge in [-0.1, -0.05) is 6.08 Å². The molecular weight excluding hydrogens is 298 g/mol. The highest BCUT2D eigenvalue weighted by Gasteiger charge is 2.14. The predicted octanol–water partition coefficient (Wildman–Crippen LogP) is 3.21. The maximum absolute atomic E-state index is 12.2. The molecule has 0 radical (unpaired) electrons. The largest absolute Gasteiger partial charge is 0.493 e. The Kier molecular flexibility index (Phi) is 5.05. The van der Waals surface area contributed by atoms with Gasteiger partial charge in [-0.3, -0.25) is 4.79 Å². The summed E-state index contributed by atoms with van der Waals surface area (Å²) < 4.78 is 21.1. The second-order valence-corrected chi connectivity index (χ2v) is 4.80. The van der Waals surface area contributed by atoms with E-state index in [0.29, 0.717) is 28.8 Å². The van der Waals surface area contributed by atoms with Gasteiger partial charge in [0.1, 0.15) is 0 Å². The van der Waals surface area contributed by atoms with Crippen molar-refractivity contribution in [1.82, 2.24) is 4.98 Å². The van der Waals surface area contributed by atoms with Gasteiger partial charge in [0, 0.05) is 6.92 Å². The highest BCUT2D eigenvalue weighted by Crippen LogP contribution is 2.38. The summed E-state index contributed by atoms with van der Waals surface area (Å²) >= 11 is 0. The molecule has 0 fully saturated rings. The van der Waals surface area contributed by atoms with Crippen LogP contribution in [0.15, 0.2) is 22.6 Å². The van der Waals surface area contributed by atoms with Gasteiger partial charge in [-0.05, 0) is 30.7 Å². The number of hydrogen-bond donors (Lipinski definition) is 0. The van der Waals surface area contributed by atoms with Gasteiger partial charge in [0.25, 0.3) is 0 Å². The summed E-state index contributed by atoms with van der Waals surface area (Å²) in [6, 6.07) is 3.51. The molecule has 0 aliphatic carbocycles. The number of aromatic nitrogens is 1. The predicted molar refractivity (Wildman–Crippen MR) is 85.4 cm³/mol. The van der Waals surface area contributed by atoms with Crippen molar-refractivity contribution in [2.45, 2.75) is 13.8 Å². The zero-order chi connectivity index (χ0) is 17.0. The Labute approximate surface area is 134 Å². The molecule has 0 bridgehead atoms. The molecule has 2 rings (SSSR count). The lowest BCUT2D eigenvalue weighted by Gasteiger charge is -2.12. The van der Waals surface area contributed by atoms with E-state index in [1.54, 1.807) is 32.1 Å². The lowest BCUT2D eigenvalue weighted by atomic mass is 10.1. The number of aryl methyl sites for hydroxylation is 2. The van der Waals surface area contributed by atoms with Crippen LogP contribution in [0.3, 0.4) is 0 Å². The summed E-state index contributed by atoms with van der Waals surface area (Å²) in [7, 11) is 4.61. The van der Waals surface area contributed by atoms with Gasteiger partial charge >= 0.3 is 0 Å². The molecule has 0 unspecified atom stereocenters. The van der Waals surface area contributed by atoms with E-state index in [1.165, 1.54) is 27.4 Å². The van der Waals surface area contributed by atoms with E-state index >= 15 is 0 Å². The second kappa shape index (κ2) is 7.00. The van der Waals surface area contributed by atoms with Gasteiger partial charge in [-0.25, -0.2) is 4.98 Å². The van der Waals surface area contributed by atoms with Gasteiger partial charge in [0.2, 0.25) is 11.5 Å². The number of ketones is 1. The van der Waals surface area contributed by atoms with Crippen LogP contribution in [0.1, 0.15) is 27.7 Å². The summed E-state index contributed by atoms with van der Waals surface area (Å²) in [5.74, 6) is 1.99. The number of rotatable bonds is 6. The molecule has 0 aliphatic heterocycles. The molecule has 0 saturated carbocycles. The zero-order valence-electron chi connectivity index (χ0n) is 13.8. The number of carbonyl (C=O) groups excluding carboxylic acids is 1. The van der Waals surface area contributed by atoms with E-state index in [9.17, 15) is 4.79 Å². The molecule has 2 aromatic rings. The number of allylic oxidation sites excluding steroid dienone is 1. The fraction of sp³-hybridized carbons (Fsp3) is 0.294. The fourth-order valence-corrected chi connectivity index (χ4v) is 2.21. The molecule has 0 amide bonds. The average Bonchev–Trinajstić information content (AvgIpc) is 2.89. The SMILES string of the molecule is COc1cc(C=CC(=O)c2oc(C)nc2C)cc(OC)c1OC. The van der Waals surface area contributed by atoms with E-state index in [-0.39, 0.29) is 11.5 Å². The first-order valence-corrected chi connectivity index (χ1v) is 6.96. The standard InChI is InChI=1S/C17H19NO5/c1-10-16(23-11(2)18-10)13(19)7-6-12-8-14(20-3)17(22-5)15(9-12)21-4/h6-9H,1-5H3. The molecule has 1 heterocycles. The summed E-state index contributed by atoms with van der Waals surface area (Å²) in [5.41, 5.74) is 1.31. The van der Waals surface area contributed by atoms with Crippen LogP contribution in [0.5, 0.6) is 17.2 Å². The number of oxazole rings is 1. The Morgan fingerprint density at radius 1 is 1.09 bits per heavy atom. The molecule has 6 nitrogen and oxygen atoms in total. The maximum atomic E-state index is 12.2. The third-order valence-corrected chi connectivity index (χ3v) is 3.24. The fourth-order valence-electron chi connectivity index (χ4n) is 2.21. The van der Waals surface area contributed by atoms with Crippen LogP contribution in [0.25, 0.3) is 6.08 Å². The summed E-state index contributed by atoms with van der Waals surface area (Å²) in [5, 5.41) is 0. The third-order valence-electron chi connectivity index (χ3n) is 3.24. The first-order valence-electron chi connectivity index (χ1n) is 6.96. The van der Waals surface area contributed by atoms with E-state index in [0.717, 1.165) is 5.56 Å². The van der Waals surface area contributed by atoms with Crippen LogP contribution >= 0.6 is 0 Å². The van der Waals surface area contributed by atoms with E-state index in [1.807, 2.05) is 0 Å². The second-order valence-electron chi connectivity index (χ2n) is 4.80. The molecule has 0 N–H and O–H groups in total. The minimum absolute atomic E-state index is 0.242. The van der Waals surface area contributed by atoms with Gasteiger partial charge in [-0.15, -0.1) is 0 Å². The van der Waals surface area contributed by atoms with Crippen molar-refractivity contribution in [2.75, 3.05) is 21.3 Å². The summed E-state index contributed by atoms with van der Waals surface area (Å²) in [6.07, 6.45) is 3.08. The van der Waals surface area contributed by atoms with Crippen molar-refractivity contribution < 1.29 is 23.4 Å². The monoisotopic (exact) mass is 317 g/mol. The molecule has 0 atom stereocenters. The minimum Gasteiger partial charge on any atom is -0.493 e. The summed E-state index contributed by atoms with van der Waals surface area (Å²) in [6.45, 7) is 3.43. The molecule has 0 aliphatic rings. The molecule has 23 heavy (non-hydrogen) atoms. The van der Waals surface area contributed by atoms with Gasteiger partial charge < -0.3 is 18.6 Å². The molecule has 6 heteroatoms. The van der Waals surface area contributed by atoms with Crippen LogP contribution in [0.2, 0.25) is 0 Å². The van der Waals surface area contributed by atoms with Gasteiger partial charge in [0.05, 0.1) is 27.0 Å². The molecule has 1 aromatic carbocycles. The lowest BCUT2D eigenvalue weighted by molar-refractivity contribution is 0.102. The Bertz CT molecular complexity index is 720. The normalized spacial score (nSPS) is 10.8. The van der Waals surface area contributed by atoms with Crippen molar-refractivity contribution in [2.24, 2.45) is 0 Å². The number of methoxy groups -OCH3 is 3. The highest BCUT2D eigenvalue weighted by atomic mass is 16.5. The van der Waals surface area contributed by atoms with Gasteiger partial charge in [0.15, 0.2) is 23.1 Å². The average molecular weight is 317 g/mol. The van der Waals surface area contributed by atoms with Gasteiger partial charge in [-0.2, -0.15) is 0 Å². The van der Waals surface area contributed by atoms with Crippen molar-refractivity contribution in [3.8, 4) is 17.2 Å². The van der Waals surface area contributed by atoms with Crippen molar-refractivity contribution in [1.29, 1.82) is 0 Å². The van der Waals surface area contributed by atoms with Crippen LogP contribution in [0.4, 0.5) is 0 Å². The Morgan fingerprint density at radius 3 is 2.13 bits per heavy atom. The highest BCUT2D eigenvalue weighted by molar-refractivity contribution is 6.05. The van der Waals surface area contributed by atoms with Crippen LogP contribution in [-0.2, 0) is 0 Å². The molecule has 122 valence electrons. The molecule has 0 spiro atoms. The first kappa shape index (κ1) is 16.6. The molecular formula is C17H19NO5. The number of hydrogen-bond acceptors (Lipinski definition) is 6. The Morgan fingerprint density at radius 2 is 1.70 bits per heavy atom. The van der Waals surface area contributed by atoms with Crippen molar-refractivity contribution >= 4 is 11.9 Å². The summed E-state index contributed by atoms with van der Waals surface area (Å²) in [4.78, 5) is 16.3. The quantitative estimate of drug-likeness (QED) is 0.602. The van der Waals surface area contributed by atoms with Crippen molar-refractivity contribution in [3.63, 3.8) is 0 Å². The van der Waals surface area contributed by atoms with Crippen LogP contribution in [-0.4, -0.2) is 32.1 Å². The Hall–Kier alpha value is -2.76. The first-order chi connectivity index (χ1) is 11.0. The number of nitrogens with zero attached hydrogens (tertiary/aromatic N) is 1. The molecule has 1 aromatic heterocycles. The topological polar surface area (TPSA) is 70.8 Å². The molecule has 0 saturated heterocycles. The number of ether oxygens (including phenoxy) is 3. The lowest BCUT2D eigenvalue weighted by Crippen LogP contribution is -1.96. The van der Waals surface area contributed by atoms with Crippen LogP contribution in [0, 0.1) is 13.8 Å². The third kappa shape index (κ3) is 3.53. The number of carbonyl (C=O) groups is 1. The zero-order valence-corrected chi connectivity index (χ0v) is 13.8. The smallest absolute Gasteiger partial charge is 0.223 e. The van der Waals surface area contributed by atoms with Crippen LogP contribution < -0.4 is 14.2 Å². The Balaban J connectivity index is 2.32. The van der Waals surface area contributed by atoms with E-state index in [2.05, 4.69) is 4.98 Å². The maximum Gasteiger partial charge on any atom is 0.223 e. The minimum atomic E-state index is -0.253. The van der Waals surface area contributed by atoms with E-state index in [4.69, 9.17) is 18.6 Å². The van der Waals surface area contributed by atoms with Crippen molar-refractivity contribution in [3.05, 3.63) is 41.1 Å². The van der Waals surface area contributed by atoms with E-state index < -0.39 is 0 Å².